The van der Waals surface area contributed by atoms with Crippen molar-refractivity contribution in [1.82, 2.24) is 0 Å². The molecule has 0 aromatic carbocycles. The molecule has 0 amide bonds. The van der Waals surface area contributed by atoms with Gasteiger partial charge in [0.2, 0.25) is 0 Å². The number of nitriles is 2. The van der Waals surface area contributed by atoms with Crippen LogP contribution in [-0.4, -0.2) is 168 Å². The molecule has 0 aliphatic carbocycles. The average molecular weight is 866 g/mol. The fraction of sp³-hybridized carbons (Fsp3) is 0.938. The summed E-state index contributed by atoms with van der Waals surface area (Å²) in [6.07, 6.45) is 21.5. The minimum absolute atomic E-state index is 0. The van der Waals surface area contributed by atoms with Crippen LogP contribution in [0.2, 0.25) is 0 Å². The van der Waals surface area contributed by atoms with Gasteiger partial charge in [-0.1, -0.05) is 0 Å². The Kier molecular flexibility index (Phi) is 82.1. The molecule has 0 aromatic heterocycles. The molecule has 0 fully saturated rings. The van der Waals surface area contributed by atoms with Gasteiger partial charge in [0.1, 0.15) is 0 Å². The molecule has 0 aliphatic heterocycles. The third kappa shape index (κ3) is 59.0. The topological polar surface area (TPSA) is 209 Å². The van der Waals surface area contributed by atoms with Crippen molar-refractivity contribution in [3.05, 3.63) is 0 Å². The SMILES string of the molecule is CC#N.CC#N.OCCC[PH+](CCCO)CC[PH+](CCCO)CCCO.OCCC[PH+](CCCO)CC[PH+](CCCO)CCCO.[Cl-].[Cl-].[Fe+2]. The molecular formula is C32H74Cl2FeN2O8P4+4. The summed E-state index contributed by atoms with van der Waals surface area (Å²) in [7, 11) is -1.73. The summed E-state index contributed by atoms with van der Waals surface area (Å²) in [6.45, 7) is 5.08. The van der Waals surface area contributed by atoms with Crippen LogP contribution in [0, 0.1) is 22.7 Å². The molecule has 10 nitrogen and oxygen atoms in total. The summed E-state index contributed by atoms with van der Waals surface area (Å²) in [5, 5.41) is 86.4. The van der Waals surface area contributed by atoms with Crippen molar-refractivity contribution in [2.75, 3.05) is 127 Å². The molecule has 0 atom stereocenters. The van der Waals surface area contributed by atoms with Gasteiger partial charge in [-0.2, -0.15) is 10.5 Å². The molecule has 0 unspecified atom stereocenters. The predicted molar refractivity (Wildman–Crippen MR) is 208 cm³/mol. The number of nitrogens with zero attached hydrogens (tertiary/aromatic N) is 2. The normalized spacial score (nSPS) is 9.88. The third-order valence-corrected chi connectivity index (χ3v) is 20.5. The quantitative estimate of drug-likeness (QED) is 0.0271. The second kappa shape index (κ2) is 61.5. The second-order valence-electron chi connectivity index (χ2n) is 11.1. The molecule has 49 heavy (non-hydrogen) atoms. The van der Waals surface area contributed by atoms with Gasteiger partial charge >= 0.3 is 17.1 Å². The van der Waals surface area contributed by atoms with Crippen LogP contribution < -0.4 is 24.8 Å². The molecule has 298 valence electrons. The first kappa shape index (κ1) is 65.4. The molecule has 8 N–H and O–H groups in total. The fourth-order valence-corrected chi connectivity index (χ4v) is 18.8. The van der Waals surface area contributed by atoms with Crippen LogP contribution in [0.25, 0.3) is 0 Å². The third-order valence-electron chi connectivity index (χ3n) is 7.17. The van der Waals surface area contributed by atoms with E-state index in [-0.39, 0.29) is 94.7 Å². The molecule has 0 aliphatic rings. The van der Waals surface area contributed by atoms with Crippen LogP contribution in [0.15, 0.2) is 0 Å². The molecule has 0 rings (SSSR count). The summed E-state index contributed by atoms with van der Waals surface area (Å²) in [5.74, 6) is 0. The summed E-state index contributed by atoms with van der Waals surface area (Å²) in [6, 6.07) is 3.50. The molecule has 0 bridgehead atoms. The summed E-state index contributed by atoms with van der Waals surface area (Å²) in [5.41, 5.74) is 0. The van der Waals surface area contributed by atoms with E-state index in [2.05, 4.69) is 0 Å². The van der Waals surface area contributed by atoms with Crippen molar-refractivity contribution in [1.29, 1.82) is 10.5 Å². The fourth-order valence-electron chi connectivity index (χ4n) is 4.84. The zero-order valence-corrected chi connectivity index (χ0v) is 37.0. The zero-order valence-electron chi connectivity index (χ0n) is 30.4. The van der Waals surface area contributed by atoms with Crippen LogP contribution >= 0.6 is 31.7 Å². The number of hydrogen-bond acceptors (Lipinski definition) is 10. The average Bonchev–Trinajstić information content (AvgIpc) is 3.06. The number of aliphatic hydroxyl groups is 8. The van der Waals surface area contributed by atoms with Crippen LogP contribution in [0.5, 0.6) is 0 Å². The number of hydrogen-bond donors (Lipinski definition) is 8. The maximum absolute atomic E-state index is 8.97. The van der Waals surface area contributed by atoms with Gasteiger partial charge in [0.05, 0.1) is 86.1 Å². The summed E-state index contributed by atoms with van der Waals surface area (Å²) < 4.78 is 0. The summed E-state index contributed by atoms with van der Waals surface area (Å²) >= 11 is 0. The largest absolute Gasteiger partial charge is 2.00 e. The van der Waals surface area contributed by atoms with Crippen molar-refractivity contribution >= 4 is 31.7 Å². The van der Waals surface area contributed by atoms with Gasteiger partial charge in [-0.25, -0.2) is 0 Å². The maximum Gasteiger partial charge on any atom is 2.00 e. The van der Waals surface area contributed by atoms with Crippen LogP contribution in [0.3, 0.4) is 0 Å². The first-order chi connectivity index (χ1) is 22.4. The predicted octanol–water partition coefficient (Wildman–Crippen LogP) is -3.05. The van der Waals surface area contributed by atoms with Crippen LogP contribution in [0.4, 0.5) is 0 Å². The molecule has 0 heterocycles. The number of aliphatic hydroxyl groups excluding tert-OH is 8. The van der Waals surface area contributed by atoms with E-state index in [0.717, 1.165) is 101 Å². The maximum atomic E-state index is 8.97. The van der Waals surface area contributed by atoms with Crippen molar-refractivity contribution in [3.63, 3.8) is 0 Å². The van der Waals surface area contributed by atoms with Gasteiger partial charge < -0.3 is 65.7 Å². The van der Waals surface area contributed by atoms with Gasteiger partial charge in [-0.05, 0) is 0 Å². The van der Waals surface area contributed by atoms with Crippen molar-refractivity contribution < 1.29 is 82.7 Å². The Morgan fingerprint density at radius 2 is 0.429 bits per heavy atom. The molecule has 0 saturated carbocycles. The Bertz CT molecular complexity index is 529. The Labute approximate surface area is 327 Å². The molecule has 17 heteroatoms. The van der Waals surface area contributed by atoms with Crippen molar-refractivity contribution in [2.45, 2.75) is 65.2 Å². The Balaban J connectivity index is -0.000000117. The van der Waals surface area contributed by atoms with Gasteiger partial charge in [0.25, 0.3) is 0 Å². The van der Waals surface area contributed by atoms with Crippen molar-refractivity contribution in [3.8, 4) is 12.1 Å². The first-order valence-electron chi connectivity index (χ1n) is 17.2. The van der Waals surface area contributed by atoms with Gasteiger partial charge in [-0.3, -0.25) is 0 Å². The van der Waals surface area contributed by atoms with E-state index >= 15 is 0 Å². The van der Waals surface area contributed by atoms with E-state index in [0.29, 0.717) is 0 Å². The Hall–Kier alpha value is 1.48. The number of halogens is 2. The van der Waals surface area contributed by atoms with Gasteiger partial charge in [-0.15, -0.1) is 0 Å². The molecule has 0 radical (unpaired) electrons. The Morgan fingerprint density at radius 3 is 0.510 bits per heavy atom. The zero-order chi connectivity index (χ0) is 35.5. The molecule has 0 spiro atoms. The molecular weight excluding hydrogens is 791 g/mol. The van der Waals surface area contributed by atoms with E-state index in [1.807, 2.05) is 0 Å². The number of rotatable bonds is 30. The van der Waals surface area contributed by atoms with Crippen LogP contribution in [0.1, 0.15) is 65.2 Å². The van der Waals surface area contributed by atoms with Gasteiger partial charge in [0, 0.05) is 150 Å². The standard InChI is InChI=1S/2C14H32O4P2.2C2H3N.2ClH.Fe/c2*15-5-1-9-19(10-2-6-16)13-14-20(11-3-7-17)12-4-8-18;2*1-2-3;;;/h2*15-18H,1-14H2;2*1H3;2*1H;/q;;;;;;+2/p+2. The van der Waals surface area contributed by atoms with Gasteiger partial charge in [0.15, 0.2) is 0 Å². The molecule has 0 aromatic rings. The second-order valence-corrected chi connectivity index (χ2v) is 23.1. The van der Waals surface area contributed by atoms with E-state index in [4.69, 9.17) is 51.4 Å². The van der Waals surface area contributed by atoms with E-state index in [9.17, 15) is 0 Å². The monoisotopic (exact) mass is 864 g/mol. The van der Waals surface area contributed by atoms with Crippen molar-refractivity contribution in [2.24, 2.45) is 0 Å². The Morgan fingerprint density at radius 1 is 0.327 bits per heavy atom. The van der Waals surface area contributed by atoms with E-state index in [1.165, 1.54) is 38.5 Å². The van der Waals surface area contributed by atoms with Crippen LogP contribution in [-0.2, 0) is 17.1 Å². The van der Waals surface area contributed by atoms with E-state index < -0.39 is 31.7 Å². The molecule has 0 saturated heterocycles. The first-order valence-corrected chi connectivity index (χ1v) is 25.7. The van der Waals surface area contributed by atoms with E-state index in [1.54, 1.807) is 12.1 Å². The smallest absolute Gasteiger partial charge is 1.00 e. The minimum atomic E-state index is -0.433. The summed E-state index contributed by atoms with van der Waals surface area (Å²) in [4.78, 5) is 0. The minimum Gasteiger partial charge on any atom is -1.00 e.